The Morgan fingerprint density at radius 3 is 2.69 bits per heavy atom. The predicted molar refractivity (Wildman–Crippen MR) is 116 cm³/mol. The molecule has 2 fully saturated rings. The van der Waals surface area contributed by atoms with E-state index in [2.05, 4.69) is 22.0 Å². The van der Waals surface area contributed by atoms with Gasteiger partial charge in [-0.05, 0) is 80.3 Å². The molecule has 2 heterocycles. The lowest BCUT2D eigenvalue weighted by Gasteiger charge is -2.41. The molecule has 0 aromatic heterocycles. The van der Waals surface area contributed by atoms with Crippen molar-refractivity contribution in [2.24, 2.45) is 17.8 Å². The highest BCUT2D eigenvalue weighted by molar-refractivity contribution is 5.82. The lowest BCUT2D eigenvalue weighted by Crippen LogP contribution is -2.47. The van der Waals surface area contributed by atoms with E-state index in [1.165, 1.54) is 25.5 Å². The third-order valence-electron chi connectivity index (χ3n) is 7.91. The van der Waals surface area contributed by atoms with Crippen LogP contribution in [0.15, 0.2) is 30.4 Å². The van der Waals surface area contributed by atoms with Crippen molar-refractivity contribution in [2.45, 2.75) is 31.1 Å². The topological polar surface area (TPSA) is 26.8 Å². The van der Waals surface area contributed by atoms with Crippen LogP contribution in [0.5, 0.6) is 0 Å². The molecule has 5 rings (SSSR count). The molecular formula is C24H34FN3O. The van der Waals surface area contributed by atoms with Crippen molar-refractivity contribution in [1.82, 2.24) is 9.80 Å². The summed E-state index contributed by atoms with van der Waals surface area (Å²) >= 11 is 0. The smallest absolute Gasteiger partial charge is 0.241 e. The van der Waals surface area contributed by atoms with Crippen LogP contribution in [-0.2, 0) is 10.2 Å². The van der Waals surface area contributed by atoms with Gasteiger partial charge in [-0.1, -0.05) is 12.2 Å². The Kier molecular flexibility index (Phi) is 4.69. The largest absolute Gasteiger partial charge is 0.361 e. The van der Waals surface area contributed by atoms with Gasteiger partial charge in [0, 0.05) is 39.7 Å². The molecule has 4 aliphatic rings. The maximum Gasteiger partial charge on any atom is 0.241 e. The normalized spacial score (nSPS) is 29.6. The highest BCUT2D eigenvalue weighted by Gasteiger charge is 2.46. The minimum Gasteiger partial charge on any atom is -0.361 e. The second-order valence-corrected chi connectivity index (χ2v) is 9.93. The third-order valence-corrected chi connectivity index (χ3v) is 7.91. The summed E-state index contributed by atoms with van der Waals surface area (Å²) in [6, 6.07) is 5.13. The van der Waals surface area contributed by atoms with E-state index in [1.807, 2.05) is 6.07 Å². The van der Waals surface area contributed by atoms with Gasteiger partial charge in [0.25, 0.3) is 0 Å². The summed E-state index contributed by atoms with van der Waals surface area (Å²) in [5.74, 6) is 2.37. The second kappa shape index (κ2) is 7.12. The van der Waals surface area contributed by atoms with Crippen LogP contribution in [0.4, 0.5) is 10.1 Å². The maximum absolute atomic E-state index is 14.1. The average Bonchev–Trinajstić information content (AvgIpc) is 3.38. The average molecular weight is 400 g/mol. The van der Waals surface area contributed by atoms with Crippen LogP contribution in [-0.4, -0.2) is 62.5 Å². The van der Waals surface area contributed by atoms with Crippen LogP contribution in [0.2, 0.25) is 0 Å². The fourth-order valence-corrected chi connectivity index (χ4v) is 6.22. The van der Waals surface area contributed by atoms with Crippen LogP contribution in [0.3, 0.4) is 0 Å². The third kappa shape index (κ3) is 3.37. The van der Waals surface area contributed by atoms with Crippen molar-refractivity contribution in [3.63, 3.8) is 0 Å². The SMILES string of the molecule is CN(C)C(=O)CN1CC2(CCN(C[C@@H]3C[C@H]4C=CC3C4)CC2)c2cc(F)ccc21.[HH]. The molecule has 1 amide bonds. The molecule has 2 bridgehead atoms. The minimum atomic E-state index is -0.167. The summed E-state index contributed by atoms with van der Waals surface area (Å²) < 4.78 is 14.1. The van der Waals surface area contributed by atoms with Crippen molar-refractivity contribution in [3.8, 4) is 0 Å². The summed E-state index contributed by atoms with van der Waals surface area (Å²) in [6.45, 7) is 4.55. The molecule has 4 nitrogen and oxygen atoms in total. The monoisotopic (exact) mass is 399 g/mol. The number of likely N-dealkylation sites (N-methyl/N-ethyl adjacent to an activating group) is 1. The molecule has 2 aliphatic carbocycles. The Hall–Kier alpha value is -1.88. The van der Waals surface area contributed by atoms with Crippen LogP contribution in [0.1, 0.15) is 32.7 Å². The van der Waals surface area contributed by atoms with Gasteiger partial charge in [0.2, 0.25) is 5.91 Å². The summed E-state index contributed by atoms with van der Waals surface area (Å²) in [5.41, 5.74) is 2.15. The zero-order valence-electron chi connectivity index (χ0n) is 17.6. The fraction of sp³-hybridized carbons (Fsp3) is 0.625. The molecule has 1 aromatic carbocycles. The number of benzene rings is 1. The van der Waals surface area contributed by atoms with E-state index in [-0.39, 0.29) is 18.6 Å². The van der Waals surface area contributed by atoms with Gasteiger partial charge in [0.1, 0.15) is 5.82 Å². The number of halogens is 1. The summed E-state index contributed by atoms with van der Waals surface area (Å²) in [5, 5.41) is 0. The van der Waals surface area contributed by atoms with E-state index in [4.69, 9.17) is 0 Å². The zero-order chi connectivity index (χ0) is 20.2. The van der Waals surface area contributed by atoms with Gasteiger partial charge in [0.05, 0.1) is 6.54 Å². The highest BCUT2D eigenvalue weighted by Crippen LogP contribution is 2.48. The zero-order valence-corrected chi connectivity index (χ0v) is 17.6. The molecule has 1 saturated heterocycles. The Balaban J connectivity index is 0.00000218. The van der Waals surface area contributed by atoms with Gasteiger partial charge < -0.3 is 14.7 Å². The van der Waals surface area contributed by atoms with Gasteiger partial charge in [-0.25, -0.2) is 4.39 Å². The lowest BCUT2D eigenvalue weighted by molar-refractivity contribution is -0.127. The number of nitrogens with zero attached hydrogens (tertiary/aromatic N) is 3. The summed E-state index contributed by atoms with van der Waals surface area (Å²) in [7, 11) is 3.59. The molecular weight excluding hydrogens is 365 g/mol. The number of likely N-dealkylation sites (tertiary alicyclic amines) is 1. The standard InChI is InChI=1S/C24H32FN3O.H2/c1-26(2)23(29)15-28-16-24(21-13-20(25)5-6-22(21)28)7-9-27(10-8-24)14-19-12-17-3-4-18(19)11-17;/h3-6,13,17-19H,7-12,14-16H2,1-2H3;1H/t17-,18?,19-;/m0./s1. The van der Waals surface area contributed by atoms with Crippen LogP contribution >= 0.6 is 0 Å². The number of allylic oxidation sites excluding steroid dienone is 2. The van der Waals surface area contributed by atoms with Crippen molar-refractivity contribution in [1.29, 1.82) is 0 Å². The van der Waals surface area contributed by atoms with Crippen molar-refractivity contribution < 1.29 is 10.6 Å². The molecule has 1 spiro atoms. The summed E-state index contributed by atoms with van der Waals surface area (Å²) in [4.78, 5) is 18.8. The van der Waals surface area contributed by atoms with Gasteiger partial charge in [0.15, 0.2) is 0 Å². The number of hydrogen-bond acceptors (Lipinski definition) is 3. The van der Waals surface area contributed by atoms with Gasteiger partial charge in [-0.2, -0.15) is 0 Å². The Labute approximate surface area is 174 Å². The fourth-order valence-electron chi connectivity index (χ4n) is 6.22. The number of piperidine rings is 1. The van der Waals surface area contributed by atoms with E-state index in [0.717, 1.165) is 61.5 Å². The first kappa shape index (κ1) is 19.1. The minimum absolute atomic E-state index is 0. The molecule has 2 aliphatic heterocycles. The molecule has 1 aromatic rings. The molecule has 29 heavy (non-hydrogen) atoms. The van der Waals surface area contributed by atoms with E-state index in [1.54, 1.807) is 25.1 Å². The van der Waals surface area contributed by atoms with Crippen LogP contribution in [0.25, 0.3) is 0 Å². The molecule has 0 radical (unpaired) electrons. The van der Waals surface area contributed by atoms with Crippen molar-refractivity contribution in [3.05, 3.63) is 41.7 Å². The number of rotatable bonds is 4. The number of carbonyl (C=O) groups is 1. The number of amides is 1. The molecule has 3 atom stereocenters. The molecule has 158 valence electrons. The Bertz CT molecular complexity index is 834. The van der Waals surface area contributed by atoms with Crippen LogP contribution in [0, 0.1) is 23.6 Å². The van der Waals surface area contributed by atoms with E-state index in [9.17, 15) is 9.18 Å². The van der Waals surface area contributed by atoms with Crippen molar-refractivity contribution in [2.75, 3.05) is 51.7 Å². The van der Waals surface area contributed by atoms with Crippen LogP contribution < -0.4 is 4.90 Å². The lowest BCUT2D eigenvalue weighted by atomic mass is 9.74. The Morgan fingerprint density at radius 1 is 1.24 bits per heavy atom. The predicted octanol–water partition coefficient (Wildman–Crippen LogP) is 3.53. The number of fused-ring (bicyclic) bond motifs is 4. The Morgan fingerprint density at radius 2 is 2.03 bits per heavy atom. The van der Waals surface area contributed by atoms with Gasteiger partial charge in [-0.3, -0.25) is 4.79 Å². The molecule has 5 heteroatoms. The quantitative estimate of drug-likeness (QED) is 0.725. The van der Waals surface area contributed by atoms with Gasteiger partial charge in [-0.15, -0.1) is 0 Å². The molecule has 1 unspecified atom stereocenters. The first-order chi connectivity index (χ1) is 13.9. The molecule has 1 saturated carbocycles. The first-order valence-electron chi connectivity index (χ1n) is 11.1. The van der Waals surface area contributed by atoms with E-state index >= 15 is 0 Å². The number of carbonyl (C=O) groups excluding carboxylic acids is 1. The highest BCUT2D eigenvalue weighted by atomic mass is 19.1. The van der Waals surface area contributed by atoms with E-state index < -0.39 is 0 Å². The van der Waals surface area contributed by atoms with Crippen molar-refractivity contribution >= 4 is 11.6 Å². The van der Waals surface area contributed by atoms with E-state index in [0.29, 0.717) is 6.54 Å². The molecule has 0 N–H and O–H groups in total. The number of anilines is 1. The second-order valence-electron chi connectivity index (χ2n) is 9.93. The maximum atomic E-state index is 14.1. The van der Waals surface area contributed by atoms with Gasteiger partial charge >= 0.3 is 0 Å². The first-order valence-corrected chi connectivity index (χ1v) is 11.1. The summed E-state index contributed by atoms with van der Waals surface area (Å²) in [6.07, 6.45) is 9.68. The number of hydrogen-bond donors (Lipinski definition) is 0.